The molecule has 1 amide bonds. The maximum atomic E-state index is 12.6. The average molecular weight is 334 g/mol. The maximum Gasteiger partial charge on any atom is 0.246 e. The van der Waals surface area contributed by atoms with Gasteiger partial charge in [0, 0.05) is 17.3 Å². The van der Waals surface area contributed by atoms with Crippen LogP contribution in [0.25, 0.3) is 11.0 Å². The highest BCUT2D eigenvalue weighted by Crippen LogP contribution is 2.43. The van der Waals surface area contributed by atoms with E-state index in [1.54, 1.807) is 4.68 Å². The Morgan fingerprint density at radius 1 is 1.20 bits per heavy atom. The number of hydrogen-bond acceptors (Lipinski definition) is 3. The number of anilines is 1. The minimum atomic E-state index is -0.0829. The molecular formula is C20H22N4O. The highest BCUT2D eigenvalue weighted by molar-refractivity contribution is 5.93. The van der Waals surface area contributed by atoms with Gasteiger partial charge in [0.1, 0.15) is 6.54 Å². The number of carbonyl (C=O) groups excluding carboxylic acids is 1. The lowest BCUT2D eigenvalue weighted by Gasteiger charge is -2.11. The largest absolute Gasteiger partial charge is 0.324 e. The van der Waals surface area contributed by atoms with Crippen molar-refractivity contribution >= 4 is 22.6 Å². The number of amides is 1. The molecule has 5 nitrogen and oxygen atoms in total. The van der Waals surface area contributed by atoms with E-state index in [4.69, 9.17) is 0 Å². The van der Waals surface area contributed by atoms with Crippen LogP contribution >= 0.6 is 0 Å². The summed E-state index contributed by atoms with van der Waals surface area (Å²) in [4.78, 5) is 17.1. The summed E-state index contributed by atoms with van der Waals surface area (Å²) in [5.74, 6) is 0.547. The van der Waals surface area contributed by atoms with Crippen LogP contribution in [0.2, 0.25) is 0 Å². The molecule has 2 heterocycles. The Bertz CT molecular complexity index is 949. The highest BCUT2D eigenvalue weighted by atomic mass is 16.2. The topological polar surface area (TPSA) is 59.8 Å². The predicted octanol–water partition coefficient (Wildman–Crippen LogP) is 3.87. The monoisotopic (exact) mass is 334 g/mol. The van der Waals surface area contributed by atoms with E-state index in [0.717, 1.165) is 33.5 Å². The number of rotatable bonds is 4. The van der Waals surface area contributed by atoms with Crippen molar-refractivity contribution in [1.82, 2.24) is 14.8 Å². The van der Waals surface area contributed by atoms with Crippen molar-refractivity contribution in [2.24, 2.45) is 0 Å². The van der Waals surface area contributed by atoms with Crippen LogP contribution in [0.5, 0.6) is 0 Å². The minimum Gasteiger partial charge on any atom is -0.324 e. The molecule has 0 aliphatic heterocycles. The van der Waals surface area contributed by atoms with Crippen molar-refractivity contribution in [3.8, 4) is 0 Å². The molecule has 128 valence electrons. The summed E-state index contributed by atoms with van der Waals surface area (Å²) in [5.41, 5.74) is 6.08. The third-order valence-electron chi connectivity index (χ3n) is 4.90. The third-order valence-corrected chi connectivity index (χ3v) is 4.90. The Morgan fingerprint density at radius 2 is 1.92 bits per heavy atom. The van der Waals surface area contributed by atoms with Crippen LogP contribution in [0.15, 0.2) is 30.5 Å². The van der Waals surface area contributed by atoms with Gasteiger partial charge in [-0.15, -0.1) is 0 Å². The number of benzene rings is 1. The molecule has 0 spiro atoms. The lowest BCUT2D eigenvalue weighted by molar-refractivity contribution is -0.116. The highest BCUT2D eigenvalue weighted by Gasteiger charge is 2.27. The van der Waals surface area contributed by atoms with E-state index in [1.807, 2.05) is 45.2 Å². The SMILES string of the molecule is Cc1cccc(C)c1NC(=O)Cn1nc(C)c2c(C3CC3)ccnc21. The van der Waals surface area contributed by atoms with Gasteiger partial charge in [-0.2, -0.15) is 5.10 Å². The molecule has 0 atom stereocenters. The maximum absolute atomic E-state index is 12.6. The second-order valence-corrected chi connectivity index (χ2v) is 6.93. The number of nitrogens with zero attached hydrogens (tertiary/aromatic N) is 3. The van der Waals surface area contributed by atoms with Gasteiger partial charge in [-0.05, 0) is 62.3 Å². The van der Waals surface area contributed by atoms with Crippen LogP contribution in [0.4, 0.5) is 5.69 Å². The zero-order chi connectivity index (χ0) is 17.6. The van der Waals surface area contributed by atoms with Crippen molar-refractivity contribution in [2.45, 2.75) is 46.1 Å². The Kier molecular flexibility index (Phi) is 3.79. The summed E-state index contributed by atoms with van der Waals surface area (Å²) in [6.07, 6.45) is 4.30. The van der Waals surface area contributed by atoms with Gasteiger partial charge >= 0.3 is 0 Å². The molecule has 25 heavy (non-hydrogen) atoms. The number of fused-ring (bicyclic) bond motifs is 1. The van der Waals surface area contributed by atoms with Crippen LogP contribution in [-0.2, 0) is 11.3 Å². The molecule has 1 fully saturated rings. The molecule has 0 bridgehead atoms. The fraction of sp³-hybridized carbons (Fsp3) is 0.350. The number of hydrogen-bond donors (Lipinski definition) is 1. The fourth-order valence-corrected chi connectivity index (χ4v) is 3.48. The zero-order valence-corrected chi connectivity index (χ0v) is 14.8. The van der Waals surface area contributed by atoms with Gasteiger partial charge in [-0.1, -0.05) is 18.2 Å². The molecule has 2 aromatic heterocycles. The molecule has 1 saturated carbocycles. The van der Waals surface area contributed by atoms with Gasteiger partial charge in [-0.25, -0.2) is 9.67 Å². The average Bonchev–Trinajstić information content (AvgIpc) is 3.37. The molecule has 1 aromatic carbocycles. The Morgan fingerprint density at radius 3 is 2.60 bits per heavy atom. The van der Waals surface area contributed by atoms with Gasteiger partial charge in [0.05, 0.1) is 5.69 Å². The minimum absolute atomic E-state index is 0.0829. The van der Waals surface area contributed by atoms with E-state index in [9.17, 15) is 4.79 Å². The number of nitrogens with one attached hydrogen (secondary N) is 1. The Hall–Kier alpha value is -2.69. The first-order valence-corrected chi connectivity index (χ1v) is 8.72. The third kappa shape index (κ3) is 2.90. The smallest absolute Gasteiger partial charge is 0.246 e. The predicted molar refractivity (Wildman–Crippen MR) is 98.8 cm³/mol. The van der Waals surface area contributed by atoms with Crippen LogP contribution in [0, 0.1) is 20.8 Å². The second kappa shape index (κ2) is 5.99. The van der Waals surface area contributed by atoms with E-state index in [2.05, 4.69) is 21.5 Å². The zero-order valence-electron chi connectivity index (χ0n) is 14.8. The first-order chi connectivity index (χ1) is 12.0. The number of pyridine rings is 1. The standard InChI is InChI=1S/C20H22N4O/c1-12-5-4-6-13(2)19(12)22-17(25)11-24-20-18(14(3)23-24)16(9-10-21-20)15-7-8-15/h4-6,9-10,15H,7-8,11H2,1-3H3,(H,22,25). The lowest BCUT2D eigenvalue weighted by Crippen LogP contribution is -2.20. The van der Waals surface area contributed by atoms with Crippen LogP contribution in [0.3, 0.4) is 0 Å². The Balaban J connectivity index is 1.63. The molecule has 1 aliphatic carbocycles. The van der Waals surface area contributed by atoms with E-state index in [1.165, 1.54) is 18.4 Å². The summed E-state index contributed by atoms with van der Waals surface area (Å²) in [5, 5.41) is 8.72. The molecule has 0 saturated heterocycles. The van der Waals surface area contributed by atoms with Gasteiger partial charge in [-0.3, -0.25) is 4.79 Å². The van der Waals surface area contributed by atoms with Gasteiger partial charge in [0.15, 0.2) is 5.65 Å². The molecular weight excluding hydrogens is 312 g/mol. The molecule has 3 aromatic rings. The van der Waals surface area contributed by atoms with E-state index < -0.39 is 0 Å². The molecule has 0 radical (unpaired) electrons. The van der Waals surface area contributed by atoms with Crippen molar-refractivity contribution in [3.05, 3.63) is 52.8 Å². The Labute approximate surface area is 147 Å². The summed E-state index contributed by atoms with van der Waals surface area (Å²) in [6.45, 7) is 6.16. The van der Waals surface area contributed by atoms with Gasteiger partial charge in [0.25, 0.3) is 0 Å². The second-order valence-electron chi connectivity index (χ2n) is 6.93. The number of carbonyl (C=O) groups is 1. The molecule has 4 rings (SSSR count). The fourth-order valence-electron chi connectivity index (χ4n) is 3.48. The van der Waals surface area contributed by atoms with Gasteiger partial charge in [0.2, 0.25) is 5.91 Å². The molecule has 1 N–H and O–H groups in total. The van der Waals surface area contributed by atoms with E-state index in [0.29, 0.717) is 5.92 Å². The van der Waals surface area contributed by atoms with Crippen molar-refractivity contribution < 1.29 is 4.79 Å². The van der Waals surface area contributed by atoms with Crippen molar-refractivity contribution in [3.63, 3.8) is 0 Å². The van der Waals surface area contributed by atoms with Crippen molar-refractivity contribution in [2.75, 3.05) is 5.32 Å². The van der Waals surface area contributed by atoms with E-state index in [-0.39, 0.29) is 12.5 Å². The lowest BCUT2D eigenvalue weighted by atomic mass is 10.1. The quantitative estimate of drug-likeness (QED) is 0.788. The van der Waals surface area contributed by atoms with Crippen LogP contribution < -0.4 is 5.32 Å². The van der Waals surface area contributed by atoms with Crippen LogP contribution in [0.1, 0.15) is 41.1 Å². The van der Waals surface area contributed by atoms with Crippen molar-refractivity contribution in [1.29, 1.82) is 0 Å². The molecule has 1 aliphatic rings. The summed E-state index contributed by atoms with van der Waals surface area (Å²) in [7, 11) is 0. The first kappa shape index (κ1) is 15.8. The number of aromatic nitrogens is 3. The summed E-state index contributed by atoms with van der Waals surface area (Å²) in [6, 6.07) is 8.09. The first-order valence-electron chi connectivity index (χ1n) is 8.72. The molecule has 5 heteroatoms. The summed E-state index contributed by atoms with van der Waals surface area (Å²) >= 11 is 0. The summed E-state index contributed by atoms with van der Waals surface area (Å²) < 4.78 is 1.72. The number of para-hydroxylation sites is 1. The normalized spacial score (nSPS) is 14.0. The van der Waals surface area contributed by atoms with Gasteiger partial charge < -0.3 is 5.32 Å². The number of aryl methyl sites for hydroxylation is 3. The van der Waals surface area contributed by atoms with E-state index >= 15 is 0 Å². The molecule has 0 unspecified atom stereocenters. The van der Waals surface area contributed by atoms with Crippen LogP contribution in [-0.4, -0.2) is 20.7 Å².